The summed E-state index contributed by atoms with van der Waals surface area (Å²) in [6.45, 7) is 0. The van der Waals surface area contributed by atoms with Crippen LogP contribution in [0.1, 0.15) is 29.4 Å². The number of thioether (sulfide) groups is 1. The summed E-state index contributed by atoms with van der Waals surface area (Å²) in [6, 6.07) is 0.211. The first-order chi connectivity index (χ1) is 7.18. The van der Waals surface area contributed by atoms with E-state index < -0.39 is 5.97 Å². The van der Waals surface area contributed by atoms with E-state index in [4.69, 9.17) is 5.11 Å². The summed E-state index contributed by atoms with van der Waals surface area (Å²) in [5.41, 5.74) is -0.259. The number of hydrogen-bond donors (Lipinski definition) is 2. The Labute approximate surface area is 91.1 Å². The molecule has 1 fully saturated rings. The third-order valence-electron chi connectivity index (χ3n) is 2.43. The fraction of sp³-hybridized carbons (Fsp3) is 0.556. The number of aromatic carboxylic acids is 1. The summed E-state index contributed by atoms with van der Waals surface area (Å²) in [5.74, 6) is 0.642. The van der Waals surface area contributed by atoms with Crippen LogP contribution < -0.4 is 0 Å². The van der Waals surface area contributed by atoms with Gasteiger partial charge in [-0.1, -0.05) is 0 Å². The van der Waals surface area contributed by atoms with Crippen LogP contribution in [-0.2, 0) is 0 Å². The average molecular weight is 228 g/mol. The van der Waals surface area contributed by atoms with Gasteiger partial charge in [0.05, 0.1) is 12.2 Å². The summed E-state index contributed by atoms with van der Waals surface area (Å²) in [5, 5.41) is 22.0. The Morgan fingerprint density at radius 2 is 2.47 bits per heavy atom. The second-order valence-electron chi connectivity index (χ2n) is 3.52. The van der Waals surface area contributed by atoms with Crippen molar-refractivity contribution in [3.8, 4) is 5.75 Å². The largest absolute Gasteiger partial charge is 0.504 e. The monoisotopic (exact) mass is 228 g/mol. The zero-order valence-electron chi connectivity index (χ0n) is 8.09. The van der Waals surface area contributed by atoms with Crippen LogP contribution in [0.15, 0.2) is 6.20 Å². The van der Waals surface area contributed by atoms with Crippen LogP contribution in [0.3, 0.4) is 0 Å². The van der Waals surface area contributed by atoms with Gasteiger partial charge < -0.3 is 10.2 Å². The predicted octanol–water partition coefficient (Wildman–Crippen LogP) is 1.35. The molecule has 0 saturated carbocycles. The molecule has 15 heavy (non-hydrogen) atoms. The van der Waals surface area contributed by atoms with Gasteiger partial charge in [-0.15, -0.1) is 0 Å². The average Bonchev–Trinajstić information content (AvgIpc) is 2.62. The maximum Gasteiger partial charge on any atom is 0.360 e. The maximum atomic E-state index is 10.7. The summed E-state index contributed by atoms with van der Waals surface area (Å²) in [6.07, 6.45) is 3.51. The zero-order chi connectivity index (χ0) is 10.8. The SMILES string of the molecule is O=C(O)c1nn(C2CCCSC2)cc1O. The first-order valence-electron chi connectivity index (χ1n) is 4.77. The minimum Gasteiger partial charge on any atom is -0.504 e. The topological polar surface area (TPSA) is 75.3 Å². The number of hydrogen-bond acceptors (Lipinski definition) is 4. The van der Waals surface area contributed by atoms with E-state index in [2.05, 4.69) is 5.10 Å². The van der Waals surface area contributed by atoms with E-state index in [1.165, 1.54) is 6.20 Å². The fourth-order valence-electron chi connectivity index (χ4n) is 1.65. The van der Waals surface area contributed by atoms with Crippen LogP contribution in [0.25, 0.3) is 0 Å². The Bertz CT molecular complexity index is 371. The molecule has 0 aromatic carbocycles. The van der Waals surface area contributed by atoms with Crippen LogP contribution in [0.5, 0.6) is 5.75 Å². The van der Waals surface area contributed by atoms with Gasteiger partial charge in [0.2, 0.25) is 5.69 Å². The van der Waals surface area contributed by atoms with Gasteiger partial charge in [0, 0.05) is 5.75 Å². The summed E-state index contributed by atoms with van der Waals surface area (Å²) < 4.78 is 1.57. The van der Waals surface area contributed by atoms with E-state index in [1.807, 2.05) is 11.8 Å². The highest BCUT2D eigenvalue weighted by Crippen LogP contribution is 2.28. The second-order valence-corrected chi connectivity index (χ2v) is 4.67. The second kappa shape index (κ2) is 4.14. The van der Waals surface area contributed by atoms with Crippen LogP contribution in [0.2, 0.25) is 0 Å². The van der Waals surface area contributed by atoms with Gasteiger partial charge in [-0.3, -0.25) is 4.68 Å². The molecule has 0 aliphatic carbocycles. The highest BCUT2D eigenvalue weighted by atomic mass is 32.2. The minimum atomic E-state index is -1.19. The van der Waals surface area contributed by atoms with Crippen LogP contribution in [0.4, 0.5) is 0 Å². The van der Waals surface area contributed by atoms with Gasteiger partial charge in [0.15, 0.2) is 5.75 Å². The molecule has 0 spiro atoms. The molecular weight excluding hydrogens is 216 g/mol. The highest BCUT2D eigenvalue weighted by Gasteiger charge is 2.21. The molecule has 1 aliphatic heterocycles. The molecule has 1 atom stereocenters. The van der Waals surface area contributed by atoms with Crippen molar-refractivity contribution in [2.24, 2.45) is 0 Å². The summed E-state index contributed by atoms with van der Waals surface area (Å²) in [7, 11) is 0. The van der Waals surface area contributed by atoms with Crippen molar-refractivity contribution in [2.45, 2.75) is 18.9 Å². The smallest absolute Gasteiger partial charge is 0.360 e. The first kappa shape index (κ1) is 10.4. The molecule has 2 heterocycles. The van der Waals surface area contributed by atoms with Gasteiger partial charge in [-0.2, -0.15) is 16.9 Å². The lowest BCUT2D eigenvalue weighted by Crippen LogP contribution is -2.17. The quantitative estimate of drug-likeness (QED) is 0.799. The number of rotatable bonds is 2. The Kier molecular flexibility index (Phi) is 2.86. The lowest BCUT2D eigenvalue weighted by Gasteiger charge is -2.21. The van der Waals surface area contributed by atoms with Crippen molar-refractivity contribution in [1.29, 1.82) is 0 Å². The van der Waals surface area contributed by atoms with Crippen molar-refractivity contribution in [3.05, 3.63) is 11.9 Å². The Balaban J connectivity index is 2.21. The lowest BCUT2D eigenvalue weighted by atomic mass is 10.2. The highest BCUT2D eigenvalue weighted by molar-refractivity contribution is 7.99. The molecule has 6 heteroatoms. The van der Waals surface area contributed by atoms with Crippen LogP contribution >= 0.6 is 11.8 Å². The van der Waals surface area contributed by atoms with E-state index in [0.717, 1.165) is 24.3 Å². The van der Waals surface area contributed by atoms with Gasteiger partial charge in [0.1, 0.15) is 0 Å². The normalized spacial score (nSPS) is 21.5. The summed E-state index contributed by atoms with van der Waals surface area (Å²) >= 11 is 1.83. The fourth-order valence-corrected chi connectivity index (χ4v) is 2.78. The van der Waals surface area contributed by atoms with E-state index in [-0.39, 0.29) is 17.5 Å². The Morgan fingerprint density at radius 1 is 1.67 bits per heavy atom. The van der Waals surface area contributed by atoms with E-state index in [0.29, 0.717) is 0 Å². The van der Waals surface area contributed by atoms with E-state index in [9.17, 15) is 9.90 Å². The maximum absolute atomic E-state index is 10.7. The molecule has 82 valence electrons. The number of carboxylic acid groups (broad SMARTS) is 1. The molecule has 0 bridgehead atoms. The number of carboxylic acids is 1. The van der Waals surface area contributed by atoms with E-state index >= 15 is 0 Å². The minimum absolute atomic E-state index is 0.211. The van der Waals surface area contributed by atoms with Gasteiger partial charge >= 0.3 is 5.97 Å². The predicted molar refractivity (Wildman–Crippen MR) is 56.4 cm³/mol. The number of aromatic nitrogens is 2. The number of nitrogens with zero attached hydrogens (tertiary/aromatic N) is 2. The zero-order valence-corrected chi connectivity index (χ0v) is 8.90. The number of aromatic hydroxyl groups is 1. The third kappa shape index (κ3) is 2.09. The van der Waals surface area contributed by atoms with Crippen molar-refractivity contribution in [1.82, 2.24) is 9.78 Å². The van der Waals surface area contributed by atoms with Gasteiger partial charge in [-0.25, -0.2) is 4.79 Å². The lowest BCUT2D eigenvalue weighted by molar-refractivity contribution is 0.0686. The van der Waals surface area contributed by atoms with Crippen molar-refractivity contribution >= 4 is 17.7 Å². The molecule has 1 unspecified atom stereocenters. The molecule has 0 amide bonds. The third-order valence-corrected chi connectivity index (χ3v) is 3.62. The molecule has 2 rings (SSSR count). The molecule has 1 saturated heterocycles. The van der Waals surface area contributed by atoms with Crippen molar-refractivity contribution in [3.63, 3.8) is 0 Å². The molecule has 1 aromatic heterocycles. The first-order valence-corrected chi connectivity index (χ1v) is 5.93. The van der Waals surface area contributed by atoms with E-state index in [1.54, 1.807) is 4.68 Å². The Morgan fingerprint density at radius 3 is 3.00 bits per heavy atom. The Hall–Kier alpha value is -1.17. The molecule has 5 nitrogen and oxygen atoms in total. The molecule has 0 radical (unpaired) electrons. The molecular formula is C9H12N2O3S. The molecule has 1 aliphatic rings. The molecule has 1 aromatic rings. The van der Waals surface area contributed by atoms with Gasteiger partial charge in [-0.05, 0) is 18.6 Å². The number of carbonyl (C=O) groups is 1. The van der Waals surface area contributed by atoms with Crippen molar-refractivity contribution < 1.29 is 15.0 Å². The summed E-state index contributed by atoms with van der Waals surface area (Å²) in [4.78, 5) is 10.7. The van der Waals surface area contributed by atoms with Crippen molar-refractivity contribution in [2.75, 3.05) is 11.5 Å². The van der Waals surface area contributed by atoms with Crippen LogP contribution in [-0.4, -0.2) is 37.5 Å². The molecule has 2 N–H and O–H groups in total. The standard InChI is InChI=1S/C9H12N2O3S/c12-7-4-11(10-8(7)9(13)14)6-2-1-3-15-5-6/h4,6,12H,1-3,5H2,(H,13,14). The van der Waals surface area contributed by atoms with Gasteiger partial charge in [0.25, 0.3) is 0 Å². The van der Waals surface area contributed by atoms with Crippen LogP contribution in [0, 0.1) is 0 Å².